The summed E-state index contributed by atoms with van der Waals surface area (Å²) in [5.74, 6) is 0.912. The standard InChI is InChI=1S/C23H30N4O4/c1-23(2)15-9-8-14(16(23)10-15)11-24-21(29)18-6-5-7-19-25-17(12-27(18)19)22(30)26(3)13-20(28)31-4/h5-7,12,14-16H,8-11,13H2,1-4H3,(H,24,29)/t14-,15-,16-/m0/s1. The van der Waals surface area contributed by atoms with Crippen LogP contribution in [0.4, 0.5) is 0 Å². The zero-order chi connectivity index (χ0) is 22.3. The van der Waals surface area contributed by atoms with E-state index < -0.39 is 11.9 Å². The van der Waals surface area contributed by atoms with Gasteiger partial charge in [0.25, 0.3) is 11.8 Å². The molecular weight excluding hydrogens is 396 g/mol. The highest BCUT2D eigenvalue weighted by atomic mass is 16.5. The van der Waals surface area contributed by atoms with Crippen LogP contribution in [0, 0.1) is 23.2 Å². The minimum Gasteiger partial charge on any atom is -0.468 e. The Balaban J connectivity index is 1.47. The van der Waals surface area contributed by atoms with Gasteiger partial charge in [-0.05, 0) is 54.6 Å². The van der Waals surface area contributed by atoms with Crippen molar-refractivity contribution < 1.29 is 19.1 Å². The smallest absolute Gasteiger partial charge is 0.325 e. The van der Waals surface area contributed by atoms with Crippen LogP contribution < -0.4 is 5.32 Å². The summed E-state index contributed by atoms with van der Waals surface area (Å²) in [6.07, 6.45) is 5.22. The average Bonchev–Trinajstić information content (AvgIpc) is 3.20. The minimum atomic E-state index is -0.511. The fourth-order valence-corrected chi connectivity index (χ4v) is 5.35. The molecule has 3 aliphatic rings. The first-order valence-electron chi connectivity index (χ1n) is 10.8. The summed E-state index contributed by atoms with van der Waals surface area (Å²) in [7, 11) is 2.78. The molecule has 166 valence electrons. The summed E-state index contributed by atoms with van der Waals surface area (Å²) in [6.45, 7) is 5.19. The van der Waals surface area contributed by atoms with Crippen LogP contribution in [0.25, 0.3) is 5.65 Å². The molecule has 3 fully saturated rings. The van der Waals surface area contributed by atoms with Gasteiger partial charge in [-0.3, -0.25) is 18.8 Å². The molecule has 2 aromatic heterocycles. The van der Waals surface area contributed by atoms with Crippen LogP contribution in [0.3, 0.4) is 0 Å². The van der Waals surface area contributed by atoms with E-state index in [1.54, 1.807) is 28.8 Å². The first kappa shape index (κ1) is 21.3. The van der Waals surface area contributed by atoms with Gasteiger partial charge in [0.2, 0.25) is 0 Å². The molecule has 0 aliphatic heterocycles. The fourth-order valence-electron chi connectivity index (χ4n) is 5.35. The van der Waals surface area contributed by atoms with E-state index in [0.29, 0.717) is 35.1 Å². The second-order valence-corrected chi connectivity index (χ2v) is 9.41. The van der Waals surface area contributed by atoms with Gasteiger partial charge in [0.1, 0.15) is 23.6 Å². The lowest BCUT2D eigenvalue weighted by Gasteiger charge is -2.60. The number of hydrogen-bond acceptors (Lipinski definition) is 5. The number of likely N-dealkylation sites (N-methyl/N-ethyl adjacent to an activating group) is 1. The van der Waals surface area contributed by atoms with Gasteiger partial charge in [-0.2, -0.15) is 0 Å². The van der Waals surface area contributed by atoms with E-state index in [1.807, 2.05) is 0 Å². The fraction of sp³-hybridized carbons (Fsp3) is 0.565. The molecule has 0 spiro atoms. The van der Waals surface area contributed by atoms with Gasteiger partial charge in [0.05, 0.1) is 7.11 Å². The first-order chi connectivity index (χ1) is 14.7. The van der Waals surface area contributed by atoms with Gasteiger partial charge in [-0.25, -0.2) is 4.98 Å². The lowest BCUT2D eigenvalue weighted by Crippen LogP contribution is -2.54. The highest BCUT2D eigenvalue weighted by Gasteiger charge is 2.53. The van der Waals surface area contributed by atoms with Crippen LogP contribution in [0.15, 0.2) is 24.4 Å². The van der Waals surface area contributed by atoms with E-state index in [9.17, 15) is 14.4 Å². The number of esters is 1. The molecule has 2 amide bonds. The number of carbonyl (C=O) groups is 3. The van der Waals surface area contributed by atoms with Crippen molar-refractivity contribution in [3.05, 3.63) is 35.8 Å². The number of ether oxygens (including phenoxy) is 1. The third-order valence-corrected chi connectivity index (χ3v) is 7.41. The molecule has 2 heterocycles. The van der Waals surface area contributed by atoms with E-state index in [4.69, 9.17) is 0 Å². The Morgan fingerprint density at radius 1 is 1.29 bits per heavy atom. The summed E-state index contributed by atoms with van der Waals surface area (Å²) in [5.41, 5.74) is 1.48. The van der Waals surface area contributed by atoms with Crippen molar-refractivity contribution in [3.63, 3.8) is 0 Å². The zero-order valence-electron chi connectivity index (χ0n) is 18.6. The average molecular weight is 427 g/mol. The van der Waals surface area contributed by atoms with Crippen molar-refractivity contribution >= 4 is 23.4 Å². The molecule has 1 N–H and O–H groups in total. The summed E-state index contributed by atoms with van der Waals surface area (Å²) in [4.78, 5) is 42.6. The molecule has 31 heavy (non-hydrogen) atoms. The minimum absolute atomic E-state index is 0.168. The van der Waals surface area contributed by atoms with E-state index in [2.05, 4.69) is 28.9 Å². The SMILES string of the molecule is COC(=O)CN(C)C(=O)c1cn2c(C(=O)NC[C@@H]3CC[C@H]4C[C@@H]3C4(C)C)cccc2n1. The number of nitrogens with zero attached hydrogens (tertiary/aromatic N) is 3. The Morgan fingerprint density at radius 3 is 2.74 bits per heavy atom. The third-order valence-electron chi connectivity index (χ3n) is 7.41. The molecule has 3 atom stereocenters. The lowest BCUT2D eigenvalue weighted by atomic mass is 9.45. The maximum Gasteiger partial charge on any atom is 0.325 e. The number of pyridine rings is 1. The zero-order valence-corrected chi connectivity index (χ0v) is 18.6. The van der Waals surface area contributed by atoms with Crippen LogP contribution in [0.5, 0.6) is 0 Å². The van der Waals surface area contributed by atoms with Crippen LogP contribution in [0.1, 0.15) is 54.1 Å². The van der Waals surface area contributed by atoms with Gasteiger partial charge in [0, 0.05) is 19.8 Å². The van der Waals surface area contributed by atoms with Crippen molar-refractivity contribution in [2.24, 2.45) is 23.2 Å². The van der Waals surface area contributed by atoms with Crippen LogP contribution >= 0.6 is 0 Å². The molecule has 0 saturated heterocycles. The van der Waals surface area contributed by atoms with Crippen LogP contribution in [0.2, 0.25) is 0 Å². The number of methoxy groups -OCH3 is 1. The van der Waals surface area contributed by atoms with E-state index in [0.717, 1.165) is 5.92 Å². The van der Waals surface area contributed by atoms with Gasteiger partial charge < -0.3 is 15.0 Å². The third kappa shape index (κ3) is 3.79. The molecule has 5 rings (SSSR count). The quantitative estimate of drug-likeness (QED) is 0.716. The Bertz CT molecular complexity index is 1030. The number of amides is 2. The summed E-state index contributed by atoms with van der Waals surface area (Å²) in [6, 6.07) is 5.22. The van der Waals surface area contributed by atoms with E-state index >= 15 is 0 Å². The van der Waals surface area contributed by atoms with E-state index in [-0.39, 0.29) is 18.1 Å². The predicted molar refractivity (Wildman–Crippen MR) is 115 cm³/mol. The van der Waals surface area contributed by atoms with Crippen molar-refractivity contribution in [1.29, 1.82) is 0 Å². The predicted octanol–water partition coefficient (Wildman–Crippen LogP) is 2.38. The Morgan fingerprint density at radius 2 is 2.06 bits per heavy atom. The number of hydrogen-bond donors (Lipinski definition) is 1. The van der Waals surface area contributed by atoms with Crippen molar-refractivity contribution in [2.75, 3.05) is 27.2 Å². The van der Waals surface area contributed by atoms with Crippen LogP contribution in [-0.4, -0.2) is 59.3 Å². The number of nitrogens with one attached hydrogen (secondary N) is 1. The Hall–Kier alpha value is -2.90. The summed E-state index contributed by atoms with van der Waals surface area (Å²) in [5, 5.41) is 3.10. The summed E-state index contributed by atoms with van der Waals surface area (Å²) < 4.78 is 6.23. The van der Waals surface area contributed by atoms with Gasteiger partial charge in [-0.1, -0.05) is 19.9 Å². The second kappa shape index (κ2) is 7.98. The summed E-state index contributed by atoms with van der Waals surface area (Å²) >= 11 is 0. The number of carbonyl (C=O) groups excluding carboxylic acids is 3. The highest BCUT2D eigenvalue weighted by Crippen LogP contribution is 2.61. The molecule has 2 bridgehead atoms. The maximum atomic E-state index is 13.0. The highest BCUT2D eigenvalue weighted by molar-refractivity contribution is 5.96. The number of fused-ring (bicyclic) bond motifs is 3. The van der Waals surface area contributed by atoms with E-state index in [1.165, 1.54) is 38.3 Å². The number of aromatic nitrogens is 2. The Labute approximate surface area is 182 Å². The molecule has 0 radical (unpaired) electrons. The molecule has 3 saturated carbocycles. The van der Waals surface area contributed by atoms with Gasteiger partial charge in [0.15, 0.2) is 0 Å². The number of imidazole rings is 1. The van der Waals surface area contributed by atoms with Crippen molar-refractivity contribution in [3.8, 4) is 0 Å². The number of rotatable bonds is 6. The maximum absolute atomic E-state index is 13.0. The molecule has 2 aromatic rings. The first-order valence-corrected chi connectivity index (χ1v) is 10.8. The van der Waals surface area contributed by atoms with Crippen molar-refractivity contribution in [1.82, 2.24) is 19.6 Å². The monoisotopic (exact) mass is 426 g/mol. The van der Waals surface area contributed by atoms with Crippen molar-refractivity contribution in [2.45, 2.75) is 33.1 Å². The molecule has 8 heteroatoms. The van der Waals surface area contributed by atoms with Gasteiger partial charge in [-0.15, -0.1) is 0 Å². The molecule has 8 nitrogen and oxygen atoms in total. The lowest BCUT2D eigenvalue weighted by molar-refractivity contribution is -0.141. The van der Waals surface area contributed by atoms with Crippen LogP contribution in [-0.2, 0) is 9.53 Å². The molecule has 0 unspecified atom stereocenters. The molecule has 3 aliphatic carbocycles. The normalized spacial score (nSPS) is 23.7. The Kier molecular flexibility index (Phi) is 5.49. The topological polar surface area (TPSA) is 93.0 Å². The second-order valence-electron chi connectivity index (χ2n) is 9.41. The largest absolute Gasteiger partial charge is 0.468 e. The molecular formula is C23H30N4O4. The molecule has 0 aromatic carbocycles. The van der Waals surface area contributed by atoms with Gasteiger partial charge >= 0.3 is 5.97 Å².